The van der Waals surface area contributed by atoms with E-state index in [0.717, 1.165) is 165 Å². The molecule has 0 fully saturated rings. The molecule has 0 bridgehead atoms. The Bertz CT molecular complexity index is 6830. The van der Waals surface area contributed by atoms with Gasteiger partial charge in [-0.15, -0.1) is 0 Å². The molecular formula is C101H62N6O. The zero-order chi connectivity index (χ0) is 71.3. The highest BCUT2D eigenvalue weighted by Gasteiger charge is 2.34. The molecule has 0 N–H and O–H groups in total. The highest BCUT2D eigenvalue weighted by atomic mass is 16.3. The van der Waals surface area contributed by atoms with Gasteiger partial charge in [-0.1, -0.05) is 291 Å². The first-order chi connectivity index (χ1) is 53.5. The van der Waals surface area contributed by atoms with E-state index in [1.54, 1.807) is 0 Å². The maximum Gasteiger partial charge on any atom is 0.236 e. The quantitative estimate of drug-likeness (QED) is 0.115. The van der Waals surface area contributed by atoms with Crippen LogP contribution in [0.3, 0.4) is 0 Å². The molecule has 5 heterocycles. The van der Waals surface area contributed by atoms with Crippen LogP contribution in [0.5, 0.6) is 0 Å². The Morgan fingerprint density at radius 3 is 0.861 bits per heavy atom. The van der Waals surface area contributed by atoms with Crippen molar-refractivity contribution in [2.45, 2.75) is 0 Å². The van der Waals surface area contributed by atoms with Crippen LogP contribution in [0.4, 0.5) is 5.69 Å². The Morgan fingerprint density at radius 1 is 0.231 bits per heavy atom. The molecule has 5 aromatic heterocycles. The minimum Gasteiger partial charge on any atom is -0.453 e. The highest BCUT2D eigenvalue weighted by molar-refractivity contribution is 6.25. The average Bonchev–Trinajstić information content (AvgIpc) is 1.51. The Labute approximate surface area is 622 Å². The molecule has 21 rings (SSSR count). The predicted octanol–water partition coefficient (Wildman–Crippen LogP) is 27.2. The van der Waals surface area contributed by atoms with Gasteiger partial charge in [-0.2, -0.15) is 0 Å². The summed E-state index contributed by atoms with van der Waals surface area (Å²) in [6.07, 6.45) is 0. The van der Waals surface area contributed by atoms with E-state index in [1.165, 1.54) is 0 Å². The molecule has 21 aromatic rings. The Kier molecular flexibility index (Phi) is 14.5. The summed E-state index contributed by atoms with van der Waals surface area (Å²) in [6.45, 7) is 10.5. The maximum atomic E-state index is 10.5. The molecule has 0 amide bonds. The second-order valence-electron chi connectivity index (χ2n) is 27.8. The lowest BCUT2D eigenvalue weighted by Crippen LogP contribution is -2.08. The second kappa shape index (κ2) is 25.3. The van der Waals surface area contributed by atoms with Gasteiger partial charge in [0.1, 0.15) is 11.3 Å². The van der Waals surface area contributed by atoms with Crippen LogP contribution in [-0.2, 0) is 0 Å². The van der Waals surface area contributed by atoms with E-state index in [4.69, 9.17) is 19.2 Å². The SMILES string of the molecule is [C-]#[N+]c1c(-n2c3ccc(-c4ccccc4)cc3c3cc(-c4ccccc4)ccc32)c(-n2c3ccc(-c4ccccc4)cc3c3cc(-c4ccccc4)ccc32)c2oc3c(-c4cc(-c5ccccc5)nc(-c5ccccc5)n4)cccc3c2c1-n1c2ccc(-c3ccccc3)cc2c2cc(-c3ccccc3)ccc21. The van der Waals surface area contributed by atoms with Crippen LogP contribution in [0.1, 0.15) is 0 Å². The van der Waals surface area contributed by atoms with Crippen LogP contribution < -0.4 is 0 Å². The van der Waals surface area contributed by atoms with Gasteiger partial charge in [0.2, 0.25) is 5.69 Å². The summed E-state index contributed by atoms with van der Waals surface area (Å²) >= 11 is 0. The first-order valence-electron chi connectivity index (χ1n) is 36.5. The largest absolute Gasteiger partial charge is 0.453 e. The molecule has 0 saturated heterocycles. The summed E-state index contributed by atoms with van der Waals surface area (Å²) in [5.74, 6) is 0.585. The van der Waals surface area contributed by atoms with Gasteiger partial charge in [0.05, 0.1) is 62.4 Å². The Morgan fingerprint density at radius 2 is 0.528 bits per heavy atom. The number of benzene rings is 16. The molecule has 0 saturated carbocycles. The summed E-state index contributed by atoms with van der Waals surface area (Å²) in [6, 6.07) is 134. The minimum absolute atomic E-state index is 0.429. The van der Waals surface area contributed by atoms with Crippen LogP contribution in [-0.4, -0.2) is 23.7 Å². The molecule has 7 nitrogen and oxygen atoms in total. The van der Waals surface area contributed by atoms with Gasteiger partial charge in [-0.3, -0.25) is 0 Å². The van der Waals surface area contributed by atoms with Crippen LogP contribution in [0.25, 0.3) is 210 Å². The van der Waals surface area contributed by atoms with E-state index >= 15 is 0 Å². The third-order valence-corrected chi connectivity index (χ3v) is 21.7. The van der Waals surface area contributed by atoms with Crippen LogP contribution in [0.2, 0.25) is 0 Å². The molecular weight excluding hydrogens is 1310 g/mol. The molecule has 16 aromatic carbocycles. The number of rotatable bonds is 12. The van der Waals surface area contributed by atoms with E-state index < -0.39 is 0 Å². The molecule has 0 unspecified atom stereocenters. The molecule has 108 heavy (non-hydrogen) atoms. The Hall–Kier alpha value is -14.7. The standard InChI is InChI=1S/C101H62N6O/c1-102-95-96(105-88-51-45-72(64-27-10-2-11-28-64)57-80(88)81-58-73(46-52-89(81)105)65-29-12-3-13-30-65)94-79-44-26-43-78(87-63-86(70-39-22-8-23-40-70)103-101(104-87)71-41-24-9-25-42-71)99(79)108-100(94)98(107-92-55-49-76(68-35-18-6-19-36-68)61-84(92)85-62-77(50-56-93(85)107)69-37-20-7-21-38-69)97(95)106-90-53-47-74(66-31-14-4-15-32-66)59-82(90)83-60-75(48-54-91(83)106)67-33-16-5-17-34-67/h2-63H. The van der Waals surface area contributed by atoms with E-state index in [1.807, 2.05) is 24.3 Å². The Balaban J connectivity index is 0.983. The van der Waals surface area contributed by atoms with Crippen molar-refractivity contribution >= 4 is 93.0 Å². The number of furan rings is 1. The summed E-state index contributed by atoms with van der Waals surface area (Å²) in [5.41, 5.74) is 26.5. The minimum atomic E-state index is 0.429. The van der Waals surface area contributed by atoms with E-state index in [0.29, 0.717) is 45.4 Å². The van der Waals surface area contributed by atoms with Gasteiger partial charge in [-0.05, 0) is 152 Å². The predicted molar refractivity (Wildman–Crippen MR) is 448 cm³/mol. The lowest BCUT2D eigenvalue weighted by Gasteiger charge is -2.23. The molecule has 502 valence electrons. The molecule has 0 atom stereocenters. The van der Waals surface area contributed by atoms with Gasteiger partial charge >= 0.3 is 0 Å². The highest BCUT2D eigenvalue weighted by Crippen LogP contribution is 2.55. The van der Waals surface area contributed by atoms with Crippen LogP contribution in [0, 0.1) is 6.57 Å². The number of nitrogens with zero attached hydrogens (tertiary/aromatic N) is 6. The van der Waals surface area contributed by atoms with E-state index in [2.05, 4.69) is 366 Å². The fourth-order valence-electron chi connectivity index (χ4n) is 16.6. The monoisotopic (exact) mass is 1370 g/mol. The van der Waals surface area contributed by atoms with Crippen molar-refractivity contribution in [3.63, 3.8) is 0 Å². The zero-order valence-corrected chi connectivity index (χ0v) is 58.4. The average molecular weight is 1380 g/mol. The van der Waals surface area contributed by atoms with Crippen molar-refractivity contribution < 1.29 is 4.42 Å². The fraction of sp³-hybridized carbons (Fsp3) is 0. The smallest absolute Gasteiger partial charge is 0.236 e. The van der Waals surface area contributed by atoms with Gasteiger partial charge in [0.25, 0.3) is 0 Å². The third kappa shape index (κ3) is 10.1. The summed E-state index contributed by atoms with van der Waals surface area (Å²) in [4.78, 5) is 16.0. The molecule has 0 aliphatic heterocycles. The second-order valence-corrected chi connectivity index (χ2v) is 27.8. The van der Waals surface area contributed by atoms with Crippen molar-refractivity contribution in [2.24, 2.45) is 0 Å². The molecule has 0 radical (unpaired) electrons. The van der Waals surface area contributed by atoms with Crippen molar-refractivity contribution in [1.82, 2.24) is 23.7 Å². The first kappa shape index (κ1) is 61.9. The normalized spacial score (nSPS) is 11.7. The number of hydrogen-bond donors (Lipinski definition) is 0. The summed E-state index contributed by atoms with van der Waals surface area (Å²) in [7, 11) is 0. The number of hydrogen-bond acceptors (Lipinski definition) is 3. The number of aromatic nitrogens is 5. The topological polar surface area (TPSA) is 58.1 Å². The van der Waals surface area contributed by atoms with Crippen LogP contribution >= 0.6 is 0 Å². The van der Waals surface area contributed by atoms with Crippen molar-refractivity contribution in [3.05, 3.63) is 388 Å². The number of para-hydroxylation sites is 1. The van der Waals surface area contributed by atoms with Gasteiger partial charge in [0.15, 0.2) is 11.4 Å². The van der Waals surface area contributed by atoms with E-state index in [9.17, 15) is 6.57 Å². The van der Waals surface area contributed by atoms with Crippen molar-refractivity contribution in [3.8, 4) is 118 Å². The van der Waals surface area contributed by atoms with Gasteiger partial charge in [0, 0.05) is 59.8 Å². The van der Waals surface area contributed by atoms with E-state index in [-0.39, 0.29) is 0 Å². The fourth-order valence-corrected chi connectivity index (χ4v) is 16.6. The first-order valence-corrected chi connectivity index (χ1v) is 36.5. The van der Waals surface area contributed by atoms with Gasteiger partial charge in [-0.25, -0.2) is 14.8 Å². The summed E-state index contributed by atoms with van der Waals surface area (Å²) < 4.78 is 15.5. The zero-order valence-electron chi connectivity index (χ0n) is 58.4. The third-order valence-electron chi connectivity index (χ3n) is 21.7. The molecule has 0 spiro atoms. The summed E-state index contributed by atoms with van der Waals surface area (Å²) in [5, 5.41) is 7.83. The lowest BCUT2D eigenvalue weighted by molar-refractivity contribution is 0.667. The molecule has 0 aliphatic rings. The lowest BCUT2D eigenvalue weighted by atomic mass is 10.0. The van der Waals surface area contributed by atoms with Crippen LogP contribution in [0.15, 0.2) is 381 Å². The van der Waals surface area contributed by atoms with Crippen molar-refractivity contribution in [2.75, 3.05) is 0 Å². The molecule has 0 aliphatic carbocycles. The maximum absolute atomic E-state index is 10.5. The van der Waals surface area contributed by atoms with Gasteiger partial charge < -0.3 is 18.1 Å². The molecule has 7 heteroatoms. The number of fused-ring (bicyclic) bond motifs is 12. The van der Waals surface area contributed by atoms with Crippen molar-refractivity contribution in [1.29, 1.82) is 0 Å².